The number of aliphatic hydroxyl groups is 1. The van der Waals surface area contributed by atoms with Crippen molar-refractivity contribution < 1.29 is 5.11 Å². The Labute approximate surface area is 127 Å². The molecule has 1 heterocycles. The molecule has 2 aromatic rings. The Morgan fingerprint density at radius 2 is 1.81 bits per heavy atom. The van der Waals surface area contributed by atoms with Crippen LogP contribution in [0.15, 0.2) is 48.7 Å². The molecule has 1 aromatic carbocycles. The third-order valence-electron chi connectivity index (χ3n) is 3.65. The average Bonchev–Trinajstić information content (AvgIpc) is 2.53. The first-order valence-electron chi connectivity index (χ1n) is 7.56. The molecule has 1 N–H and O–H groups in total. The molecule has 3 nitrogen and oxygen atoms in total. The van der Waals surface area contributed by atoms with E-state index in [4.69, 9.17) is 0 Å². The Balaban J connectivity index is 2.18. The van der Waals surface area contributed by atoms with E-state index in [-0.39, 0.29) is 0 Å². The second kappa shape index (κ2) is 7.23. The van der Waals surface area contributed by atoms with E-state index in [0.29, 0.717) is 12.5 Å². The first kappa shape index (κ1) is 15.5. The number of pyridine rings is 1. The molecule has 2 rings (SSSR count). The van der Waals surface area contributed by atoms with Gasteiger partial charge in [-0.1, -0.05) is 37.3 Å². The number of aromatic nitrogens is 1. The highest BCUT2D eigenvalue weighted by Gasteiger charge is 2.13. The Kier molecular flexibility index (Phi) is 5.34. The van der Waals surface area contributed by atoms with Gasteiger partial charge < -0.3 is 10.0 Å². The van der Waals surface area contributed by atoms with Crippen molar-refractivity contribution in [3.8, 4) is 0 Å². The molecule has 0 saturated heterocycles. The van der Waals surface area contributed by atoms with E-state index in [9.17, 15) is 5.11 Å². The quantitative estimate of drug-likeness (QED) is 0.873. The van der Waals surface area contributed by atoms with Crippen LogP contribution in [0, 0.1) is 0 Å². The van der Waals surface area contributed by atoms with E-state index in [1.807, 2.05) is 31.3 Å². The topological polar surface area (TPSA) is 36.4 Å². The van der Waals surface area contributed by atoms with Crippen LogP contribution in [-0.2, 0) is 6.54 Å². The lowest BCUT2D eigenvalue weighted by Gasteiger charge is -2.29. The van der Waals surface area contributed by atoms with Crippen LogP contribution in [0.1, 0.15) is 44.6 Å². The third-order valence-corrected chi connectivity index (χ3v) is 3.65. The molecule has 0 fully saturated rings. The number of rotatable bonds is 6. The lowest BCUT2D eigenvalue weighted by molar-refractivity contribution is 0.169. The van der Waals surface area contributed by atoms with Gasteiger partial charge in [0.15, 0.2) is 0 Å². The first-order chi connectivity index (χ1) is 10.1. The molecule has 0 amide bonds. The number of aliphatic hydroxyl groups excluding tert-OH is 1. The van der Waals surface area contributed by atoms with Crippen molar-refractivity contribution in [2.75, 3.05) is 4.90 Å². The average molecular weight is 284 g/mol. The van der Waals surface area contributed by atoms with Crippen molar-refractivity contribution in [1.29, 1.82) is 0 Å². The number of anilines is 1. The summed E-state index contributed by atoms with van der Waals surface area (Å²) in [6.45, 7) is 7.17. The van der Waals surface area contributed by atoms with Crippen molar-refractivity contribution >= 4 is 5.69 Å². The zero-order valence-corrected chi connectivity index (χ0v) is 13.0. The summed E-state index contributed by atoms with van der Waals surface area (Å²) >= 11 is 0. The summed E-state index contributed by atoms with van der Waals surface area (Å²) in [5.74, 6) is 0. The summed E-state index contributed by atoms with van der Waals surface area (Å²) in [6, 6.07) is 14.8. The van der Waals surface area contributed by atoms with Crippen molar-refractivity contribution in [2.45, 2.75) is 45.9 Å². The van der Waals surface area contributed by atoms with Gasteiger partial charge in [0.05, 0.1) is 23.7 Å². The lowest BCUT2D eigenvalue weighted by Crippen LogP contribution is -2.30. The monoisotopic (exact) mass is 284 g/mol. The van der Waals surface area contributed by atoms with E-state index in [1.54, 1.807) is 0 Å². The van der Waals surface area contributed by atoms with E-state index in [0.717, 1.165) is 17.9 Å². The summed E-state index contributed by atoms with van der Waals surface area (Å²) in [4.78, 5) is 6.71. The van der Waals surface area contributed by atoms with E-state index >= 15 is 0 Å². The minimum absolute atomic E-state index is 0.383. The number of nitrogens with zero attached hydrogens (tertiary/aromatic N) is 2. The summed E-state index contributed by atoms with van der Waals surface area (Å²) in [7, 11) is 0. The molecular formula is C18H24N2O. The number of hydrogen-bond donors (Lipinski definition) is 1. The van der Waals surface area contributed by atoms with Crippen LogP contribution >= 0.6 is 0 Å². The summed E-state index contributed by atoms with van der Waals surface area (Å²) in [5.41, 5.74) is 3.11. The molecule has 0 aliphatic heterocycles. The standard InChI is InChI=1S/C18H24N2O/c1-4-18(21)17-11-10-16(12-19-17)20(14(2)3)13-15-8-6-5-7-9-15/h5-12,14,18,21H,4,13H2,1-3H3/t18-/m1/s1. The maximum Gasteiger partial charge on any atom is 0.0957 e. The fourth-order valence-electron chi connectivity index (χ4n) is 2.33. The molecule has 0 saturated carbocycles. The highest BCUT2D eigenvalue weighted by molar-refractivity contribution is 5.46. The van der Waals surface area contributed by atoms with Crippen molar-refractivity contribution in [1.82, 2.24) is 4.98 Å². The van der Waals surface area contributed by atoms with Gasteiger partial charge in [0, 0.05) is 12.6 Å². The van der Waals surface area contributed by atoms with Crippen LogP contribution in [0.4, 0.5) is 5.69 Å². The minimum Gasteiger partial charge on any atom is -0.387 e. The third kappa shape index (κ3) is 4.05. The van der Waals surface area contributed by atoms with Gasteiger partial charge in [-0.3, -0.25) is 4.98 Å². The maximum atomic E-state index is 9.83. The molecule has 1 atom stereocenters. The molecule has 0 aliphatic carbocycles. The zero-order valence-electron chi connectivity index (χ0n) is 13.0. The maximum absolute atomic E-state index is 9.83. The molecule has 0 radical (unpaired) electrons. The van der Waals surface area contributed by atoms with Crippen LogP contribution in [0.25, 0.3) is 0 Å². The smallest absolute Gasteiger partial charge is 0.0957 e. The van der Waals surface area contributed by atoms with Gasteiger partial charge in [0.25, 0.3) is 0 Å². The van der Waals surface area contributed by atoms with Gasteiger partial charge in [-0.05, 0) is 38.0 Å². The summed E-state index contributed by atoms with van der Waals surface area (Å²) < 4.78 is 0. The van der Waals surface area contributed by atoms with E-state index < -0.39 is 6.10 Å². The number of benzene rings is 1. The van der Waals surface area contributed by atoms with Gasteiger partial charge in [0.1, 0.15) is 0 Å². The zero-order chi connectivity index (χ0) is 15.2. The summed E-state index contributed by atoms with van der Waals surface area (Å²) in [5, 5.41) is 9.83. The second-order valence-corrected chi connectivity index (χ2v) is 5.57. The highest BCUT2D eigenvalue weighted by atomic mass is 16.3. The largest absolute Gasteiger partial charge is 0.387 e. The molecule has 0 spiro atoms. The fraction of sp³-hybridized carbons (Fsp3) is 0.389. The normalized spacial score (nSPS) is 12.4. The molecule has 3 heteroatoms. The van der Waals surface area contributed by atoms with Gasteiger partial charge >= 0.3 is 0 Å². The fourth-order valence-corrected chi connectivity index (χ4v) is 2.33. The van der Waals surface area contributed by atoms with Crippen molar-refractivity contribution in [2.24, 2.45) is 0 Å². The van der Waals surface area contributed by atoms with Crippen LogP contribution in [0.3, 0.4) is 0 Å². The predicted octanol–water partition coefficient (Wildman–Crippen LogP) is 3.94. The predicted molar refractivity (Wildman–Crippen MR) is 87.2 cm³/mol. The van der Waals surface area contributed by atoms with Gasteiger partial charge in [0.2, 0.25) is 0 Å². The summed E-state index contributed by atoms with van der Waals surface area (Å²) in [6.07, 6.45) is 2.07. The molecule has 112 valence electrons. The van der Waals surface area contributed by atoms with Crippen LogP contribution in [0.5, 0.6) is 0 Å². The van der Waals surface area contributed by atoms with Crippen LogP contribution in [0.2, 0.25) is 0 Å². The Morgan fingerprint density at radius 3 is 2.33 bits per heavy atom. The van der Waals surface area contributed by atoms with E-state index in [2.05, 4.69) is 48.0 Å². The molecule has 1 aromatic heterocycles. The molecule has 21 heavy (non-hydrogen) atoms. The van der Waals surface area contributed by atoms with Gasteiger partial charge in [-0.25, -0.2) is 0 Å². The molecular weight excluding hydrogens is 260 g/mol. The lowest BCUT2D eigenvalue weighted by atomic mass is 10.1. The van der Waals surface area contributed by atoms with Crippen molar-refractivity contribution in [3.63, 3.8) is 0 Å². The minimum atomic E-state index is -0.472. The Morgan fingerprint density at radius 1 is 1.10 bits per heavy atom. The molecule has 0 aliphatic rings. The van der Waals surface area contributed by atoms with Crippen molar-refractivity contribution in [3.05, 3.63) is 59.9 Å². The second-order valence-electron chi connectivity index (χ2n) is 5.57. The van der Waals surface area contributed by atoms with Crippen LogP contribution < -0.4 is 4.90 Å². The van der Waals surface area contributed by atoms with Gasteiger partial charge in [-0.15, -0.1) is 0 Å². The van der Waals surface area contributed by atoms with Gasteiger partial charge in [-0.2, -0.15) is 0 Å². The highest BCUT2D eigenvalue weighted by Crippen LogP contribution is 2.22. The Hall–Kier alpha value is -1.87. The molecule has 0 unspecified atom stereocenters. The molecule has 0 bridgehead atoms. The number of hydrogen-bond acceptors (Lipinski definition) is 3. The first-order valence-corrected chi connectivity index (χ1v) is 7.56. The van der Waals surface area contributed by atoms with E-state index in [1.165, 1.54) is 5.56 Å². The SMILES string of the molecule is CC[C@@H](O)c1ccc(N(Cc2ccccc2)C(C)C)cn1. The Bertz CT molecular complexity index is 537. The van der Waals surface area contributed by atoms with Crippen LogP contribution in [-0.4, -0.2) is 16.1 Å².